The van der Waals surface area contributed by atoms with E-state index in [0.717, 1.165) is 5.25 Å². The van der Waals surface area contributed by atoms with E-state index in [1.54, 1.807) is 0 Å². The number of rotatable bonds is 1. The molecule has 0 saturated heterocycles. The lowest BCUT2D eigenvalue weighted by Gasteiger charge is -1.97. The van der Waals surface area contributed by atoms with E-state index in [9.17, 15) is 0 Å². The Morgan fingerprint density at radius 3 is 2.86 bits per heavy atom. The number of hydrogen-bond donors (Lipinski definition) is 0. The van der Waals surface area contributed by atoms with Crippen LogP contribution in [0.5, 0.6) is 0 Å². The molecule has 1 heteroatoms. The molecule has 0 saturated carbocycles. The molecule has 0 fully saturated rings. The molecule has 0 radical (unpaired) electrons. The van der Waals surface area contributed by atoms with Gasteiger partial charge in [-0.15, -0.1) is 0 Å². The summed E-state index contributed by atoms with van der Waals surface area (Å²) in [6.07, 6.45) is 9.39. The number of thioether (sulfide) groups is 1. The van der Waals surface area contributed by atoms with Gasteiger partial charge >= 0.3 is 0 Å². The van der Waals surface area contributed by atoms with Crippen LogP contribution in [-0.4, -0.2) is 11.5 Å². The molecular formula is C6H10S. The average molecular weight is 114 g/mol. The lowest BCUT2D eigenvalue weighted by Crippen LogP contribution is -1.87. The normalized spacial score (nSPS) is 29.0. The van der Waals surface area contributed by atoms with E-state index in [1.807, 2.05) is 11.8 Å². The molecule has 40 valence electrons. The van der Waals surface area contributed by atoms with Crippen molar-refractivity contribution < 1.29 is 0 Å². The summed E-state index contributed by atoms with van der Waals surface area (Å²) in [5.41, 5.74) is 0. The molecule has 0 heterocycles. The topological polar surface area (TPSA) is 0 Å². The predicted molar refractivity (Wildman–Crippen MR) is 35.7 cm³/mol. The Labute approximate surface area is 49.0 Å². The third-order valence-electron chi connectivity index (χ3n) is 1.27. The fraction of sp³-hybridized carbons (Fsp3) is 0.667. The Morgan fingerprint density at radius 1 is 1.71 bits per heavy atom. The van der Waals surface area contributed by atoms with Gasteiger partial charge in [0.05, 0.1) is 0 Å². The fourth-order valence-corrected chi connectivity index (χ4v) is 1.44. The zero-order valence-corrected chi connectivity index (χ0v) is 5.37. The molecule has 0 amide bonds. The van der Waals surface area contributed by atoms with Crippen LogP contribution in [0, 0.1) is 0 Å². The Kier molecular flexibility index (Phi) is 1.80. The molecule has 1 atom stereocenters. The first-order valence-corrected chi connectivity index (χ1v) is 3.92. The predicted octanol–water partition coefficient (Wildman–Crippen LogP) is 2.07. The van der Waals surface area contributed by atoms with Gasteiger partial charge in [-0.25, -0.2) is 0 Å². The van der Waals surface area contributed by atoms with Crippen molar-refractivity contribution in [2.24, 2.45) is 0 Å². The highest BCUT2D eigenvalue weighted by atomic mass is 32.2. The molecule has 0 aromatic carbocycles. The third kappa shape index (κ3) is 1.23. The summed E-state index contributed by atoms with van der Waals surface area (Å²) in [6.45, 7) is 0. The van der Waals surface area contributed by atoms with Gasteiger partial charge < -0.3 is 0 Å². The largest absolute Gasteiger partial charge is 0.158 e. The van der Waals surface area contributed by atoms with E-state index in [2.05, 4.69) is 18.4 Å². The van der Waals surface area contributed by atoms with E-state index in [1.165, 1.54) is 12.8 Å². The van der Waals surface area contributed by atoms with Crippen molar-refractivity contribution >= 4 is 11.8 Å². The summed E-state index contributed by atoms with van der Waals surface area (Å²) < 4.78 is 0. The van der Waals surface area contributed by atoms with Crippen LogP contribution in [0.15, 0.2) is 12.2 Å². The second-order valence-electron chi connectivity index (χ2n) is 1.78. The lowest BCUT2D eigenvalue weighted by atomic mass is 10.4. The van der Waals surface area contributed by atoms with Gasteiger partial charge in [0.1, 0.15) is 0 Å². The van der Waals surface area contributed by atoms with Gasteiger partial charge in [-0.1, -0.05) is 12.2 Å². The van der Waals surface area contributed by atoms with Crippen LogP contribution in [0.2, 0.25) is 0 Å². The van der Waals surface area contributed by atoms with Crippen LogP contribution in [0.3, 0.4) is 0 Å². The Balaban J connectivity index is 2.28. The summed E-state index contributed by atoms with van der Waals surface area (Å²) in [4.78, 5) is 0. The first-order valence-electron chi connectivity index (χ1n) is 2.63. The molecule has 0 N–H and O–H groups in total. The molecule has 0 bridgehead atoms. The summed E-state index contributed by atoms with van der Waals surface area (Å²) in [5.74, 6) is 0. The van der Waals surface area contributed by atoms with Gasteiger partial charge in [-0.3, -0.25) is 0 Å². The van der Waals surface area contributed by atoms with E-state index in [-0.39, 0.29) is 0 Å². The van der Waals surface area contributed by atoms with Crippen LogP contribution >= 0.6 is 11.8 Å². The minimum Gasteiger partial charge on any atom is -0.158 e. The lowest BCUT2D eigenvalue weighted by molar-refractivity contribution is 0.946. The summed E-state index contributed by atoms with van der Waals surface area (Å²) in [5, 5.41) is 0.833. The summed E-state index contributed by atoms with van der Waals surface area (Å²) in [7, 11) is 0. The van der Waals surface area contributed by atoms with Crippen LogP contribution in [0.4, 0.5) is 0 Å². The highest BCUT2D eigenvalue weighted by molar-refractivity contribution is 7.99. The van der Waals surface area contributed by atoms with Gasteiger partial charge in [0.25, 0.3) is 0 Å². The smallest absolute Gasteiger partial charge is 0.0227 e. The minimum absolute atomic E-state index is 0.833. The molecule has 1 rings (SSSR count). The van der Waals surface area contributed by atoms with Gasteiger partial charge in [0, 0.05) is 5.25 Å². The van der Waals surface area contributed by atoms with Gasteiger partial charge in [-0.05, 0) is 19.1 Å². The van der Waals surface area contributed by atoms with Gasteiger partial charge in [0.15, 0.2) is 0 Å². The Bertz CT molecular complexity index is 76.2. The Morgan fingerprint density at radius 2 is 2.57 bits per heavy atom. The average Bonchev–Trinajstić information content (AvgIpc) is 2.14. The monoisotopic (exact) mass is 114 g/mol. The van der Waals surface area contributed by atoms with Crippen molar-refractivity contribution in [3.8, 4) is 0 Å². The second-order valence-corrected chi connectivity index (χ2v) is 2.86. The number of hydrogen-bond acceptors (Lipinski definition) is 1. The maximum Gasteiger partial charge on any atom is 0.0227 e. The molecule has 0 nitrogen and oxygen atoms in total. The molecule has 7 heavy (non-hydrogen) atoms. The second kappa shape index (κ2) is 2.41. The van der Waals surface area contributed by atoms with Crippen LogP contribution in [0.25, 0.3) is 0 Å². The molecule has 0 aromatic heterocycles. The van der Waals surface area contributed by atoms with E-state index >= 15 is 0 Å². The molecule has 1 unspecified atom stereocenters. The molecule has 0 aromatic rings. The number of allylic oxidation sites excluding steroid dienone is 1. The fourth-order valence-electron chi connectivity index (χ4n) is 0.801. The summed E-state index contributed by atoms with van der Waals surface area (Å²) in [6, 6.07) is 0. The van der Waals surface area contributed by atoms with Crippen molar-refractivity contribution in [2.45, 2.75) is 18.1 Å². The highest BCUT2D eigenvalue weighted by Gasteiger charge is 2.04. The van der Waals surface area contributed by atoms with Crippen LogP contribution < -0.4 is 0 Å². The first-order chi connectivity index (χ1) is 3.43. The van der Waals surface area contributed by atoms with Crippen molar-refractivity contribution in [3.05, 3.63) is 12.2 Å². The van der Waals surface area contributed by atoms with E-state index < -0.39 is 0 Å². The quantitative estimate of drug-likeness (QED) is 0.470. The third-order valence-corrected chi connectivity index (χ3v) is 2.27. The van der Waals surface area contributed by atoms with Gasteiger partial charge in [-0.2, -0.15) is 11.8 Å². The highest BCUT2D eigenvalue weighted by Crippen LogP contribution is 2.20. The van der Waals surface area contributed by atoms with Crippen molar-refractivity contribution in [2.75, 3.05) is 6.26 Å². The zero-order valence-electron chi connectivity index (χ0n) is 4.55. The van der Waals surface area contributed by atoms with E-state index in [4.69, 9.17) is 0 Å². The first kappa shape index (κ1) is 5.23. The molecule has 1 aliphatic rings. The van der Waals surface area contributed by atoms with Crippen molar-refractivity contribution in [1.29, 1.82) is 0 Å². The standard InChI is InChI=1S/C6H10S/c1-7-6-4-2-3-5-6/h2,4,6H,3,5H2,1H3. The van der Waals surface area contributed by atoms with Crippen LogP contribution in [0.1, 0.15) is 12.8 Å². The van der Waals surface area contributed by atoms with Crippen molar-refractivity contribution in [3.63, 3.8) is 0 Å². The summed E-state index contributed by atoms with van der Waals surface area (Å²) >= 11 is 1.95. The minimum atomic E-state index is 0.833. The van der Waals surface area contributed by atoms with Gasteiger partial charge in [0.2, 0.25) is 0 Å². The molecule has 0 spiro atoms. The van der Waals surface area contributed by atoms with E-state index in [0.29, 0.717) is 0 Å². The Hall–Kier alpha value is 0.0900. The maximum atomic E-state index is 2.30. The van der Waals surface area contributed by atoms with Crippen LogP contribution in [-0.2, 0) is 0 Å². The molecular weight excluding hydrogens is 104 g/mol. The molecule has 1 aliphatic carbocycles. The SMILES string of the molecule is CSC1C=CCC1. The molecule has 0 aliphatic heterocycles. The van der Waals surface area contributed by atoms with Crippen molar-refractivity contribution in [1.82, 2.24) is 0 Å². The maximum absolute atomic E-state index is 2.30. The zero-order chi connectivity index (χ0) is 5.11.